The zero-order chi connectivity index (χ0) is 20.7. The van der Waals surface area contributed by atoms with E-state index in [9.17, 15) is 4.79 Å². The molecule has 0 saturated carbocycles. The van der Waals surface area contributed by atoms with E-state index in [0.29, 0.717) is 6.54 Å². The Morgan fingerprint density at radius 1 is 0.967 bits per heavy atom. The van der Waals surface area contributed by atoms with Crippen LogP contribution in [-0.4, -0.2) is 30.9 Å². The molecule has 0 saturated heterocycles. The molecule has 0 aromatic heterocycles. The van der Waals surface area contributed by atoms with Crippen molar-refractivity contribution >= 4 is 23.0 Å². The Balaban J connectivity index is 1.49. The van der Waals surface area contributed by atoms with Gasteiger partial charge in [-0.1, -0.05) is 60.7 Å². The summed E-state index contributed by atoms with van der Waals surface area (Å²) in [5.74, 6) is 0.132. The summed E-state index contributed by atoms with van der Waals surface area (Å²) in [6.45, 7) is 4.25. The second-order valence-corrected chi connectivity index (χ2v) is 8.34. The van der Waals surface area contributed by atoms with Crippen molar-refractivity contribution in [1.29, 1.82) is 0 Å². The van der Waals surface area contributed by atoms with E-state index in [0.717, 1.165) is 30.9 Å². The molecular formula is C26H27N3O. The molecule has 0 radical (unpaired) electrons. The van der Waals surface area contributed by atoms with Gasteiger partial charge in [0.05, 0.1) is 24.0 Å². The number of hydrogen-bond donors (Lipinski definition) is 0. The fraction of sp³-hybridized carbons (Fsp3) is 0.269. The summed E-state index contributed by atoms with van der Waals surface area (Å²) in [6.07, 6.45) is 1.05. The first-order valence-corrected chi connectivity index (χ1v) is 10.7. The minimum Gasteiger partial charge on any atom is -0.339 e. The van der Waals surface area contributed by atoms with Crippen LogP contribution in [-0.2, 0) is 17.8 Å². The predicted molar refractivity (Wildman–Crippen MR) is 122 cm³/mol. The number of nitrogens with zero attached hydrogens (tertiary/aromatic N) is 3. The van der Waals surface area contributed by atoms with Crippen LogP contribution in [0.2, 0.25) is 0 Å². The monoisotopic (exact) mass is 397 g/mol. The lowest BCUT2D eigenvalue weighted by molar-refractivity contribution is -0.120. The van der Waals surface area contributed by atoms with Crippen LogP contribution in [0.1, 0.15) is 29.7 Å². The minimum atomic E-state index is -0.0122. The molecule has 0 N–H and O–H groups in total. The van der Waals surface area contributed by atoms with Gasteiger partial charge in [0.15, 0.2) is 0 Å². The van der Waals surface area contributed by atoms with Crippen molar-refractivity contribution in [3.63, 3.8) is 0 Å². The highest BCUT2D eigenvalue weighted by Gasteiger charge is 2.36. The molecule has 4 nitrogen and oxygen atoms in total. The van der Waals surface area contributed by atoms with Gasteiger partial charge in [0, 0.05) is 18.8 Å². The fourth-order valence-electron chi connectivity index (χ4n) is 4.92. The highest BCUT2D eigenvalue weighted by atomic mass is 16.2. The summed E-state index contributed by atoms with van der Waals surface area (Å²) < 4.78 is 0. The van der Waals surface area contributed by atoms with Gasteiger partial charge < -0.3 is 9.80 Å². The Labute approximate surface area is 178 Å². The number of likely N-dealkylation sites (N-methyl/N-ethyl adjacent to an activating group) is 1. The maximum absolute atomic E-state index is 13.6. The molecule has 3 aromatic rings. The van der Waals surface area contributed by atoms with E-state index < -0.39 is 0 Å². The smallest absolute Gasteiger partial charge is 0.241 e. The van der Waals surface area contributed by atoms with Crippen LogP contribution in [0.3, 0.4) is 0 Å². The van der Waals surface area contributed by atoms with Crippen molar-refractivity contribution in [1.82, 2.24) is 4.90 Å². The number of fused-ring (bicyclic) bond motifs is 2. The molecule has 5 rings (SSSR count). The highest BCUT2D eigenvalue weighted by Crippen LogP contribution is 2.49. The van der Waals surface area contributed by atoms with Crippen molar-refractivity contribution in [2.24, 2.45) is 0 Å². The molecule has 0 spiro atoms. The highest BCUT2D eigenvalue weighted by molar-refractivity contribution is 6.01. The molecule has 4 heteroatoms. The Morgan fingerprint density at radius 3 is 2.50 bits per heavy atom. The van der Waals surface area contributed by atoms with Gasteiger partial charge in [0.25, 0.3) is 0 Å². The van der Waals surface area contributed by atoms with Crippen molar-refractivity contribution in [2.75, 3.05) is 29.9 Å². The van der Waals surface area contributed by atoms with E-state index in [1.54, 1.807) is 0 Å². The molecule has 2 heterocycles. The third kappa shape index (κ3) is 3.17. The first-order chi connectivity index (χ1) is 14.6. The van der Waals surface area contributed by atoms with E-state index in [4.69, 9.17) is 0 Å². The molecule has 0 aliphatic carbocycles. The van der Waals surface area contributed by atoms with Gasteiger partial charge in [0.1, 0.15) is 0 Å². The second-order valence-electron chi connectivity index (χ2n) is 8.34. The molecule has 152 valence electrons. The number of carbonyl (C=O) groups is 1. The Morgan fingerprint density at radius 2 is 1.70 bits per heavy atom. The first-order valence-electron chi connectivity index (χ1n) is 10.7. The van der Waals surface area contributed by atoms with Gasteiger partial charge in [-0.25, -0.2) is 0 Å². The predicted octanol–water partition coefficient (Wildman–Crippen LogP) is 4.92. The minimum absolute atomic E-state index is 0.0122. The zero-order valence-corrected chi connectivity index (χ0v) is 17.6. The topological polar surface area (TPSA) is 26.8 Å². The summed E-state index contributed by atoms with van der Waals surface area (Å²) in [5.41, 5.74) is 7.27. The van der Waals surface area contributed by atoms with E-state index in [1.807, 2.05) is 36.2 Å². The Kier molecular flexibility index (Phi) is 4.80. The van der Waals surface area contributed by atoms with Crippen LogP contribution < -0.4 is 9.80 Å². The number of benzene rings is 3. The standard InChI is InChI=1S/C26H27N3O/c1-19-22-12-8-11-21-15-16-28(26(21)22)23-13-6-7-14-24(23)29(19)25(30)18-27(2)17-20-9-4-3-5-10-20/h3-14,19H,15-18H2,1-2H3. The third-order valence-corrected chi connectivity index (χ3v) is 6.26. The summed E-state index contributed by atoms with van der Waals surface area (Å²) in [6, 6.07) is 25.2. The van der Waals surface area contributed by atoms with Crippen LogP contribution in [0.25, 0.3) is 0 Å². The number of rotatable bonds is 4. The van der Waals surface area contributed by atoms with Gasteiger partial charge in [-0.15, -0.1) is 0 Å². The lowest BCUT2D eigenvalue weighted by Gasteiger charge is -2.31. The maximum Gasteiger partial charge on any atom is 0.241 e. The zero-order valence-electron chi connectivity index (χ0n) is 17.6. The number of para-hydroxylation sites is 3. The maximum atomic E-state index is 13.6. The number of carbonyl (C=O) groups excluding carboxylic acids is 1. The molecule has 1 unspecified atom stereocenters. The van der Waals surface area contributed by atoms with Crippen LogP contribution in [0.15, 0.2) is 72.8 Å². The lowest BCUT2D eigenvalue weighted by Crippen LogP contribution is -2.40. The van der Waals surface area contributed by atoms with Crippen LogP contribution >= 0.6 is 0 Å². The van der Waals surface area contributed by atoms with E-state index >= 15 is 0 Å². The van der Waals surface area contributed by atoms with Crippen molar-refractivity contribution in [3.05, 3.63) is 89.5 Å². The van der Waals surface area contributed by atoms with Gasteiger partial charge >= 0.3 is 0 Å². The largest absolute Gasteiger partial charge is 0.339 e. The molecule has 30 heavy (non-hydrogen) atoms. The van der Waals surface area contributed by atoms with E-state index in [-0.39, 0.29) is 11.9 Å². The molecular weight excluding hydrogens is 370 g/mol. The van der Waals surface area contributed by atoms with E-state index in [1.165, 1.54) is 22.4 Å². The van der Waals surface area contributed by atoms with Gasteiger partial charge in [0.2, 0.25) is 5.91 Å². The van der Waals surface area contributed by atoms with Crippen LogP contribution in [0, 0.1) is 0 Å². The van der Waals surface area contributed by atoms with Crippen molar-refractivity contribution < 1.29 is 4.79 Å². The number of anilines is 3. The SMILES string of the molecule is CC1c2cccc3c2N(CC3)c2ccccc2N1C(=O)CN(C)Cc1ccccc1. The summed E-state index contributed by atoms with van der Waals surface area (Å²) in [5, 5.41) is 0. The molecule has 1 amide bonds. The molecule has 2 aliphatic heterocycles. The van der Waals surface area contributed by atoms with Gasteiger partial charge in [-0.3, -0.25) is 9.69 Å². The Hall–Kier alpha value is -3.11. The number of amides is 1. The Bertz CT molecular complexity index is 1080. The molecule has 1 atom stereocenters. The normalized spacial score (nSPS) is 17.0. The van der Waals surface area contributed by atoms with E-state index in [2.05, 4.69) is 65.3 Å². The van der Waals surface area contributed by atoms with Crippen molar-refractivity contribution in [3.8, 4) is 0 Å². The average Bonchev–Trinajstić information content (AvgIpc) is 3.14. The molecule has 3 aromatic carbocycles. The summed E-state index contributed by atoms with van der Waals surface area (Å²) in [4.78, 5) is 20.1. The molecule has 0 bridgehead atoms. The van der Waals surface area contributed by atoms with Gasteiger partial charge in [-0.2, -0.15) is 0 Å². The van der Waals surface area contributed by atoms with Crippen molar-refractivity contribution in [2.45, 2.75) is 25.9 Å². The molecule has 2 aliphatic rings. The first kappa shape index (κ1) is 18.9. The number of hydrogen-bond acceptors (Lipinski definition) is 3. The van der Waals surface area contributed by atoms with Crippen LogP contribution in [0.4, 0.5) is 17.1 Å². The third-order valence-electron chi connectivity index (χ3n) is 6.26. The lowest BCUT2D eigenvalue weighted by atomic mass is 10.0. The molecule has 0 fully saturated rings. The quantitative estimate of drug-likeness (QED) is 0.625. The second kappa shape index (κ2) is 7.62. The van der Waals surface area contributed by atoms with Crippen LogP contribution in [0.5, 0.6) is 0 Å². The average molecular weight is 398 g/mol. The summed E-state index contributed by atoms with van der Waals surface area (Å²) in [7, 11) is 2.01. The summed E-state index contributed by atoms with van der Waals surface area (Å²) >= 11 is 0. The van der Waals surface area contributed by atoms with Gasteiger partial charge in [-0.05, 0) is 49.2 Å². The fourth-order valence-corrected chi connectivity index (χ4v) is 4.92.